The van der Waals surface area contributed by atoms with Crippen LogP contribution in [0.2, 0.25) is 0 Å². The summed E-state index contributed by atoms with van der Waals surface area (Å²) in [6.45, 7) is 23.3. The maximum atomic E-state index is 12.1. The SMILES string of the molecule is C=C1NC(=O)C(C)=CN1[C@H]1C=C[C@@H](COCCCC)O1.C=C1NC(=O)N([C@H]2CC(N=[N+]=[N-])[C@@H](COCCCC)O2)C=C1C.CCCCCOC[C@H]1O[C@@H](n2ccc(CC)nc2=O)CS1. The first-order chi connectivity index (χ1) is 30.9. The summed E-state index contributed by atoms with van der Waals surface area (Å²) in [5.41, 5.74) is 11.4. The topological polar surface area (TPSA) is 204 Å². The molecule has 2 saturated heterocycles. The van der Waals surface area contributed by atoms with E-state index in [1.54, 1.807) is 41.8 Å². The summed E-state index contributed by atoms with van der Waals surface area (Å²) < 4.78 is 36.0. The van der Waals surface area contributed by atoms with Gasteiger partial charge in [0, 0.05) is 72.5 Å². The van der Waals surface area contributed by atoms with Crippen LogP contribution in [-0.2, 0) is 39.6 Å². The minimum atomic E-state index is -0.478. The molecule has 354 valence electrons. The fraction of sp³-hybridized carbons (Fsp3) is 0.644. The first kappa shape index (κ1) is 52.2. The Bertz CT molecular complexity index is 1900. The van der Waals surface area contributed by atoms with E-state index in [0.29, 0.717) is 49.9 Å². The maximum absolute atomic E-state index is 12.1. The lowest BCUT2D eigenvalue weighted by Crippen LogP contribution is -2.45. The number of aromatic nitrogens is 2. The molecule has 19 heteroatoms. The highest BCUT2D eigenvalue weighted by molar-refractivity contribution is 8.00. The van der Waals surface area contributed by atoms with E-state index in [4.69, 9.17) is 34.0 Å². The van der Waals surface area contributed by atoms with Crippen LogP contribution in [-0.4, -0.2) is 113 Å². The van der Waals surface area contributed by atoms with Gasteiger partial charge in [0.1, 0.15) is 29.8 Å². The van der Waals surface area contributed by atoms with Crippen LogP contribution >= 0.6 is 11.8 Å². The second-order valence-electron chi connectivity index (χ2n) is 15.8. The van der Waals surface area contributed by atoms with Crippen LogP contribution in [0.5, 0.6) is 0 Å². The number of nitrogens with one attached hydrogen (secondary N) is 2. The smallest absolute Gasteiger partial charge is 0.349 e. The van der Waals surface area contributed by atoms with Gasteiger partial charge in [0.2, 0.25) is 0 Å². The molecule has 3 amide bonds. The lowest BCUT2D eigenvalue weighted by Gasteiger charge is -2.32. The summed E-state index contributed by atoms with van der Waals surface area (Å²) in [4.78, 5) is 45.8. The predicted molar refractivity (Wildman–Crippen MR) is 246 cm³/mol. The van der Waals surface area contributed by atoms with Gasteiger partial charge in [0.15, 0.2) is 6.23 Å². The minimum Gasteiger partial charge on any atom is -0.379 e. The van der Waals surface area contributed by atoms with E-state index >= 15 is 0 Å². The molecule has 64 heavy (non-hydrogen) atoms. The standard InChI is InChI=1S/C15H23N5O3.C15H24N2O3S.C15H22N2O3/c1-4-5-6-22-9-13-12(18-19-16)7-14(23-13)20-8-10(2)11(3)17-15(20)21;1-3-5-6-9-19-10-14-20-13(11-21-14)17-8-7-12(4-2)16-15(17)18;1-4-5-8-19-10-13-6-7-14(20-13)17-9-11(2)15(18)16-12(17)3/h8,12-14H,3-7,9H2,1-2H3,(H,17,21);7-8,13-14H,3-6,9-11H2,1-2H3;6-7,9,13-14H,3-5,8,10H2,1-2H3,(H,16,18)/t12?,13-,14-;2*13-,14+/m110/s1. The predicted octanol–water partition coefficient (Wildman–Crippen LogP) is 7.53. The molecule has 2 N–H and O–H groups in total. The molecule has 0 spiro atoms. The van der Waals surface area contributed by atoms with Gasteiger partial charge in [0.25, 0.3) is 5.91 Å². The molecule has 1 aromatic rings. The lowest BCUT2D eigenvalue weighted by molar-refractivity contribution is -0.118. The van der Waals surface area contributed by atoms with Gasteiger partial charge in [-0.2, -0.15) is 4.98 Å². The number of nitrogens with zero attached hydrogens (tertiary/aromatic N) is 7. The third kappa shape index (κ3) is 16.2. The fourth-order valence-corrected chi connectivity index (χ4v) is 7.77. The Labute approximate surface area is 382 Å². The van der Waals surface area contributed by atoms with Crippen molar-refractivity contribution in [1.82, 2.24) is 30.0 Å². The van der Waals surface area contributed by atoms with Crippen LogP contribution < -0.4 is 16.3 Å². The van der Waals surface area contributed by atoms with E-state index in [1.807, 2.05) is 37.0 Å². The molecule has 1 unspecified atom stereocenters. The minimum absolute atomic E-state index is 0.00868. The molecule has 0 bridgehead atoms. The molecule has 5 aliphatic rings. The molecule has 0 aromatic carbocycles. The molecule has 6 rings (SSSR count). The number of rotatable bonds is 21. The summed E-state index contributed by atoms with van der Waals surface area (Å²) in [5, 5.41) is 9.18. The second-order valence-corrected chi connectivity index (χ2v) is 17.0. The van der Waals surface area contributed by atoms with Crippen molar-refractivity contribution in [3.05, 3.63) is 99.3 Å². The van der Waals surface area contributed by atoms with E-state index in [9.17, 15) is 14.4 Å². The van der Waals surface area contributed by atoms with Gasteiger partial charge in [-0.3, -0.25) is 14.3 Å². The Morgan fingerprint density at radius 3 is 2.23 bits per heavy atom. The van der Waals surface area contributed by atoms with Crippen molar-refractivity contribution < 1.29 is 38.0 Å². The van der Waals surface area contributed by atoms with E-state index in [1.165, 1.54) is 17.7 Å². The molecule has 0 aliphatic carbocycles. The Hall–Kier alpha value is -4.46. The van der Waals surface area contributed by atoms with Gasteiger partial charge in [-0.15, -0.1) is 11.8 Å². The van der Waals surface area contributed by atoms with Crippen LogP contribution in [0.15, 0.2) is 82.5 Å². The normalized spacial score (nSPS) is 25.1. The number of urea groups is 1. The van der Waals surface area contributed by atoms with E-state index in [-0.39, 0.29) is 53.8 Å². The average molecular weight is 912 g/mol. The number of aryl methyl sites for hydroxylation is 1. The zero-order valence-electron chi connectivity index (χ0n) is 38.4. The zero-order valence-corrected chi connectivity index (χ0v) is 39.3. The van der Waals surface area contributed by atoms with Crippen molar-refractivity contribution in [2.24, 2.45) is 5.11 Å². The number of amides is 3. The summed E-state index contributed by atoms with van der Waals surface area (Å²) >= 11 is 1.69. The first-order valence-electron chi connectivity index (χ1n) is 22.5. The van der Waals surface area contributed by atoms with Crippen molar-refractivity contribution in [2.45, 2.75) is 142 Å². The van der Waals surface area contributed by atoms with Crippen LogP contribution in [0.25, 0.3) is 10.4 Å². The molecule has 6 heterocycles. The van der Waals surface area contributed by atoms with Gasteiger partial charge >= 0.3 is 11.7 Å². The molecule has 18 nitrogen and oxygen atoms in total. The Balaban J connectivity index is 0.000000211. The largest absolute Gasteiger partial charge is 0.379 e. The fourth-order valence-electron chi connectivity index (χ4n) is 6.75. The van der Waals surface area contributed by atoms with E-state index < -0.39 is 6.23 Å². The molecular weight excluding hydrogens is 843 g/mol. The molecule has 0 radical (unpaired) electrons. The van der Waals surface area contributed by atoms with Gasteiger partial charge in [-0.1, -0.05) is 77.7 Å². The van der Waals surface area contributed by atoms with E-state index in [2.05, 4.69) is 59.6 Å². The summed E-state index contributed by atoms with van der Waals surface area (Å²) in [5.74, 6) is 1.17. The number of unbranched alkanes of at least 4 members (excludes halogenated alkanes) is 4. The number of azide groups is 1. The highest BCUT2D eigenvalue weighted by atomic mass is 32.2. The molecule has 0 saturated carbocycles. The van der Waals surface area contributed by atoms with Gasteiger partial charge in [-0.05, 0) is 62.8 Å². The third-order valence-electron chi connectivity index (χ3n) is 10.6. The zero-order chi connectivity index (χ0) is 46.4. The highest BCUT2D eigenvalue weighted by Gasteiger charge is 2.40. The van der Waals surface area contributed by atoms with Crippen molar-refractivity contribution in [2.75, 3.05) is 45.4 Å². The van der Waals surface area contributed by atoms with Gasteiger partial charge in [0.05, 0.1) is 32.0 Å². The summed E-state index contributed by atoms with van der Waals surface area (Å²) in [6, 6.07) is 1.24. The highest BCUT2D eigenvalue weighted by Crippen LogP contribution is 2.32. The Kier molecular flexibility index (Phi) is 22.6. The number of carbonyl (C=O) groups is 2. The van der Waals surface area contributed by atoms with Crippen molar-refractivity contribution in [3.8, 4) is 0 Å². The maximum Gasteiger partial charge on any atom is 0.349 e. The van der Waals surface area contributed by atoms with Gasteiger partial charge < -0.3 is 44.0 Å². The summed E-state index contributed by atoms with van der Waals surface area (Å²) in [6.07, 6.45) is 16.8. The second kappa shape index (κ2) is 27.8. The first-order valence-corrected chi connectivity index (χ1v) is 23.5. The molecule has 5 aliphatic heterocycles. The number of hydrogen-bond acceptors (Lipinski definition) is 13. The number of ether oxygens (including phenoxy) is 6. The number of carbonyl (C=O) groups excluding carboxylic acids is 2. The Morgan fingerprint density at radius 1 is 0.859 bits per heavy atom. The van der Waals surface area contributed by atoms with Crippen LogP contribution in [0, 0.1) is 0 Å². The van der Waals surface area contributed by atoms with Crippen LogP contribution in [0.1, 0.15) is 105 Å². The van der Waals surface area contributed by atoms with Crippen molar-refractivity contribution in [1.29, 1.82) is 0 Å². The number of thioether (sulfide) groups is 1. The van der Waals surface area contributed by atoms with Crippen molar-refractivity contribution in [3.63, 3.8) is 0 Å². The van der Waals surface area contributed by atoms with Crippen LogP contribution in [0.4, 0.5) is 4.79 Å². The molecule has 7 atom stereocenters. The van der Waals surface area contributed by atoms with Crippen molar-refractivity contribution >= 4 is 23.7 Å². The average Bonchev–Trinajstić information content (AvgIpc) is 4.05. The number of allylic oxidation sites excluding steroid dienone is 1. The molecule has 1 aromatic heterocycles. The molecular formula is C45H69N9O9S. The quantitative estimate of drug-likeness (QED) is 0.0404. The monoisotopic (exact) mass is 911 g/mol. The Morgan fingerprint density at radius 2 is 1.55 bits per heavy atom. The number of hydrogen-bond donors (Lipinski definition) is 2. The lowest BCUT2D eigenvalue weighted by atomic mass is 10.1. The van der Waals surface area contributed by atoms with Gasteiger partial charge in [-0.25, -0.2) is 9.59 Å². The summed E-state index contributed by atoms with van der Waals surface area (Å²) in [7, 11) is 0. The third-order valence-corrected chi connectivity index (χ3v) is 11.7. The molecule has 2 fully saturated rings. The van der Waals surface area contributed by atoms with E-state index in [0.717, 1.165) is 68.8 Å². The van der Waals surface area contributed by atoms with Crippen LogP contribution in [0.3, 0.4) is 0 Å².